The zero-order valence-corrected chi connectivity index (χ0v) is 15.5. The quantitative estimate of drug-likeness (QED) is 0.430. The summed E-state index contributed by atoms with van der Waals surface area (Å²) in [5.74, 6) is 0.702. The highest BCUT2D eigenvalue weighted by molar-refractivity contribution is 5.79. The molecule has 2 aliphatic heterocycles. The molecule has 0 radical (unpaired) electrons. The monoisotopic (exact) mass is 377 g/mol. The predicted octanol–water partition coefficient (Wildman–Crippen LogP) is 1.04. The van der Waals surface area contributed by atoms with Crippen molar-refractivity contribution in [3.63, 3.8) is 0 Å². The summed E-state index contributed by atoms with van der Waals surface area (Å²) in [7, 11) is 0. The van der Waals surface area contributed by atoms with Gasteiger partial charge in [-0.25, -0.2) is 4.98 Å². The Morgan fingerprint density at radius 1 is 1.33 bits per heavy atom. The first-order valence-corrected chi connectivity index (χ1v) is 9.56. The fourth-order valence-corrected chi connectivity index (χ4v) is 3.56. The molecule has 3 rings (SSSR count). The van der Waals surface area contributed by atoms with Gasteiger partial charge < -0.3 is 15.0 Å². The van der Waals surface area contributed by atoms with Gasteiger partial charge in [0.25, 0.3) is 5.69 Å². The van der Waals surface area contributed by atoms with E-state index < -0.39 is 4.92 Å². The first kappa shape index (κ1) is 19.5. The molecule has 0 aromatic carbocycles. The Labute approximate surface area is 158 Å². The lowest BCUT2D eigenvalue weighted by atomic mass is 9.97. The van der Waals surface area contributed by atoms with Gasteiger partial charge in [0.2, 0.25) is 5.91 Å². The molecule has 2 fully saturated rings. The van der Waals surface area contributed by atoms with Crippen LogP contribution in [0.15, 0.2) is 18.3 Å². The summed E-state index contributed by atoms with van der Waals surface area (Å²) in [5, 5.41) is 13.8. The highest BCUT2D eigenvalue weighted by atomic mass is 16.6. The second kappa shape index (κ2) is 9.61. The van der Waals surface area contributed by atoms with Crippen molar-refractivity contribution in [3.8, 4) is 0 Å². The van der Waals surface area contributed by atoms with E-state index in [2.05, 4.69) is 15.2 Å². The lowest BCUT2D eigenvalue weighted by Gasteiger charge is -2.33. The number of aromatic nitrogens is 1. The van der Waals surface area contributed by atoms with Crippen molar-refractivity contribution >= 4 is 17.4 Å². The van der Waals surface area contributed by atoms with Crippen molar-refractivity contribution in [1.82, 2.24) is 15.2 Å². The van der Waals surface area contributed by atoms with Crippen molar-refractivity contribution in [2.24, 2.45) is 5.92 Å². The van der Waals surface area contributed by atoms with E-state index in [1.165, 1.54) is 12.3 Å². The van der Waals surface area contributed by atoms with E-state index in [0.717, 1.165) is 58.7 Å². The molecule has 0 aliphatic carbocycles. The van der Waals surface area contributed by atoms with Gasteiger partial charge in [-0.2, -0.15) is 0 Å². The molecular formula is C18H27N5O4. The third-order valence-electron chi connectivity index (χ3n) is 5.11. The number of pyridine rings is 1. The molecule has 9 heteroatoms. The van der Waals surface area contributed by atoms with Crippen LogP contribution in [0.1, 0.15) is 19.3 Å². The molecule has 3 heterocycles. The zero-order valence-electron chi connectivity index (χ0n) is 15.5. The number of ether oxygens (including phenoxy) is 1. The number of amides is 1. The van der Waals surface area contributed by atoms with Gasteiger partial charge in [0.1, 0.15) is 12.0 Å². The third-order valence-corrected chi connectivity index (χ3v) is 5.11. The molecule has 1 atom stereocenters. The molecule has 1 N–H and O–H groups in total. The highest BCUT2D eigenvalue weighted by Gasteiger charge is 2.26. The second-order valence-electron chi connectivity index (χ2n) is 7.02. The summed E-state index contributed by atoms with van der Waals surface area (Å²) in [6.07, 6.45) is 3.97. The molecule has 1 aromatic heterocycles. The summed E-state index contributed by atoms with van der Waals surface area (Å²) in [5.41, 5.74) is -0.0229. The number of rotatable bonds is 7. The molecule has 0 bridgehead atoms. The Hall–Kier alpha value is -2.26. The summed E-state index contributed by atoms with van der Waals surface area (Å²) in [4.78, 5) is 31.3. The van der Waals surface area contributed by atoms with E-state index in [1.54, 1.807) is 6.07 Å². The molecule has 2 aliphatic rings. The van der Waals surface area contributed by atoms with Crippen molar-refractivity contribution in [3.05, 3.63) is 28.4 Å². The number of piperidine rings is 1. The number of morpholine rings is 1. The highest BCUT2D eigenvalue weighted by Crippen LogP contribution is 2.23. The van der Waals surface area contributed by atoms with Crippen LogP contribution < -0.4 is 10.2 Å². The van der Waals surface area contributed by atoms with Gasteiger partial charge in [-0.3, -0.25) is 19.8 Å². The van der Waals surface area contributed by atoms with Crippen LogP contribution >= 0.6 is 0 Å². The molecule has 9 nitrogen and oxygen atoms in total. The molecule has 1 unspecified atom stereocenters. The SMILES string of the molecule is O=C(NCCCN1CCOCC1)C1CCCN(c2ccc([N+](=O)[O-])cn2)C1. The van der Waals surface area contributed by atoms with Gasteiger partial charge in [-0.1, -0.05) is 0 Å². The normalized spacial score (nSPS) is 21.0. The van der Waals surface area contributed by atoms with Crippen LogP contribution in [0.25, 0.3) is 0 Å². The van der Waals surface area contributed by atoms with Gasteiger partial charge in [0, 0.05) is 38.8 Å². The number of hydrogen-bond acceptors (Lipinski definition) is 7. The molecular weight excluding hydrogens is 350 g/mol. The van der Waals surface area contributed by atoms with Crippen molar-refractivity contribution in [2.75, 3.05) is 57.4 Å². The molecule has 0 saturated carbocycles. The van der Waals surface area contributed by atoms with E-state index in [4.69, 9.17) is 4.74 Å². The van der Waals surface area contributed by atoms with Gasteiger partial charge in [-0.05, 0) is 31.9 Å². The number of hydrogen-bond donors (Lipinski definition) is 1. The number of nitrogens with zero attached hydrogens (tertiary/aromatic N) is 4. The van der Waals surface area contributed by atoms with E-state index in [0.29, 0.717) is 18.9 Å². The van der Waals surface area contributed by atoms with Gasteiger partial charge >= 0.3 is 0 Å². The predicted molar refractivity (Wildman–Crippen MR) is 101 cm³/mol. The first-order chi connectivity index (χ1) is 13.1. The Balaban J connectivity index is 1.42. The molecule has 2 saturated heterocycles. The van der Waals surface area contributed by atoms with Crippen molar-refractivity contribution < 1.29 is 14.5 Å². The van der Waals surface area contributed by atoms with E-state index in [9.17, 15) is 14.9 Å². The maximum absolute atomic E-state index is 12.5. The average Bonchev–Trinajstić information content (AvgIpc) is 2.72. The smallest absolute Gasteiger partial charge is 0.287 e. The molecule has 1 aromatic rings. The number of nitro groups is 1. The molecule has 0 spiro atoms. The van der Waals surface area contributed by atoms with Gasteiger partial charge in [0.05, 0.1) is 24.1 Å². The van der Waals surface area contributed by atoms with Gasteiger partial charge in [-0.15, -0.1) is 0 Å². The summed E-state index contributed by atoms with van der Waals surface area (Å²) in [6.45, 7) is 6.59. The van der Waals surface area contributed by atoms with Crippen LogP contribution in [0.3, 0.4) is 0 Å². The van der Waals surface area contributed by atoms with Crippen LogP contribution in [-0.4, -0.2) is 73.2 Å². The lowest BCUT2D eigenvalue weighted by Crippen LogP contribution is -2.44. The van der Waals surface area contributed by atoms with Crippen LogP contribution in [-0.2, 0) is 9.53 Å². The third kappa shape index (κ3) is 5.61. The fraction of sp³-hybridized carbons (Fsp3) is 0.667. The largest absolute Gasteiger partial charge is 0.379 e. The zero-order chi connectivity index (χ0) is 19.1. The van der Waals surface area contributed by atoms with Crippen LogP contribution in [0, 0.1) is 16.0 Å². The molecule has 1 amide bonds. The Kier molecular flexibility index (Phi) is 6.94. The summed E-state index contributed by atoms with van der Waals surface area (Å²) < 4.78 is 5.33. The van der Waals surface area contributed by atoms with Crippen LogP contribution in [0.4, 0.5) is 11.5 Å². The second-order valence-corrected chi connectivity index (χ2v) is 7.02. The number of nitrogens with one attached hydrogen (secondary N) is 1. The average molecular weight is 377 g/mol. The minimum Gasteiger partial charge on any atom is -0.379 e. The fourth-order valence-electron chi connectivity index (χ4n) is 3.56. The standard InChI is InChI=1S/C18H27N5O4/c24-18(19-6-2-7-21-9-11-27-12-10-21)15-3-1-8-22(14-15)17-5-4-16(13-20-17)23(25)26/h4-5,13,15H,1-3,6-12,14H2,(H,19,24). The minimum atomic E-state index is -0.458. The topological polar surface area (TPSA) is 101 Å². The lowest BCUT2D eigenvalue weighted by molar-refractivity contribution is -0.385. The van der Waals surface area contributed by atoms with Crippen molar-refractivity contribution in [1.29, 1.82) is 0 Å². The first-order valence-electron chi connectivity index (χ1n) is 9.56. The molecule has 148 valence electrons. The maximum atomic E-state index is 12.5. The van der Waals surface area contributed by atoms with Crippen LogP contribution in [0.5, 0.6) is 0 Å². The van der Waals surface area contributed by atoms with Crippen LogP contribution in [0.2, 0.25) is 0 Å². The molecule has 27 heavy (non-hydrogen) atoms. The number of carbonyl (C=O) groups excluding carboxylic acids is 1. The number of carbonyl (C=O) groups is 1. The summed E-state index contributed by atoms with van der Waals surface area (Å²) >= 11 is 0. The Morgan fingerprint density at radius 3 is 2.85 bits per heavy atom. The summed E-state index contributed by atoms with van der Waals surface area (Å²) in [6, 6.07) is 3.11. The Bertz CT molecular complexity index is 633. The van der Waals surface area contributed by atoms with Gasteiger partial charge in [0.15, 0.2) is 0 Å². The minimum absolute atomic E-state index is 0.0229. The van der Waals surface area contributed by atoms with Crippen molar-refractivity contribution in [2.45, 2.75) is 19.3 Å². The number of anilines is 1. The Morgan fingerprint density at radius 2 is 2.15 bits per heavy atom. The maximum Gasteiger partial charge on any atom is 0.287 e. The van der Waals surface area contributed by atoms with E-state index in [1.807, 2.05) is 4.90 Å². The van der Waals surface area contributed by atoms with E-state index >= 15 is 0 Å². The van der Waals surface area contributed by atoms with E-state index in [-0.39, 0.29) is 17.5 Å².